The SMILES string of the molecule is O=C(Nc1ccccc1F)c1ccsc1NC(=O)C1C2C=CC(C2)C1C(=O)O. The Morgan fingerprint density at radius 3 is 2.46 bits per heavy atom. The third-order valence-corrected chi connectivity index (χ3v) is 6.15. The monoisotopic (exact) mass is 400 g/mol. The van der Waals surface area contributed by atoms with Gasteiger partial charge >= 0.3 is 5.97 Å². The second-order valence-corrected chi connectivity index (χ2v) is 7.84. The number of hydrogen-bond acceptors (Lipinski definition) is 4. The lowest BCUT2D eigenvalue weighted by Crippen LogP contribution is -2.36. The van der Waals surface area contributed by atoms with Crippen molar-refractivity contribution in [2.75, 3.05) is 10.6 Å². The minimum atomic E-state index is -0.985. The summed E-state index contributed by atoms with van der Waals surface area (Å²) in [5, 5.41) is 16.7. The zero-order chi connectivity index (χ0) is 19.8. The van der Waals surface area contributed by atoms with Gasteiger partial charge in [-0.05, 0) is 41.8 Å². The molecule has 0 saturated heterocycles. The van der Waals surface area contributed by atoms with Gasteiger partial charge in [0, 0.05) is 0 Å². The molecule has 1 heterocycles. The van der Waals surface area contributed by atoms with Gasteiger partial charge in [-0.2, -0.15) is 0 Å². The molecule has 6 nitrogen and oxygen atoms in total. The average Bonchev–Trinajstić information content (AvgIpc) is 3.38. The van der Waals surface area contributed by atoms with Gasteiger partial charge < -0.3 is 15.7 Å². The number of amides is 2. The number of halogens is 1. The minimum absolute atomic E-state index is 0.0418. The van der Waals surface area contributed by atoms with E-state index in [0.29, 0.717) is 11.4 Å². The molecule has 4 rings (SSSR count). The number of carbonyl (C=O) groups excluding carboxylic acids is 2. The van der Waals surface area contributed by atoms with Gasteiger partial charge in [0.25, 0.3) is 5.91 Å². The Morgan fingerprint density at radius 1 is 1.04 bits per heavy atom. The Bertz CT molecular complexity index is 986. The Hall–Kier alpha value is -3.00. The maximum absolute atomic E-state index is 13.8. The molecule has 1 aromatic carbocycles. The van der Waals surface area contributed by atoms with Gasteiger partial charge in [0.1, 0.15) is 10.8 Å². The van der Waals surface area contributed by atoms with Crippen LogP contribution in [0.5, 0.6) is 0 Å². The summed E-state index contributed by atoms with van der Waals surface area (Å²) in [6.07, 6.45) is 4.42. The van der Waals surface area contributed by atoms with E-state index in [-0.39, 0.29) is 23.1 Å². The van der Waals surface area contributed by atoms with Crippen LogP contribution in [0.2, 0.25) is 0 Å². The van der Waals surface area contributed by atoms with E-state index in [9.17, 15) is 23.9 Å². The molecule has 28 heavy (non-hydrogen) atoms. The lowest BCUT2D eigenvalue weighted by Gasteiger charge is -2.23. The van der Waals surface area contributed by atoms with Crippen molar-refractivity contribution in [3.63, 3.8) is 0 Å². The zero-order valence-corrected chi connectivity index (χ0v) is 15.4. The van der Waals surface area contributed by atoms with Crippen molar-refractivity contribution in [3.8, 4) is 0 Å². The van der Waals surface area contributed by atoms with E-state index in [4.69, 9.17) is 0 Å². The van der Waals surface area contributed by atoms with Crippen molar-refractivity contribution in [1.29, 1.82) is 0 Å². The van der Waals surface area contributed by atoms with Crippen LogP contribution in [0.4, 0.5) is 15.1 Å². The number of allylic oxidation sites excluding steroid dienone is 2. The number of nitrogens with one attached hydrogen (secondary N) is 2. The molecule has 2 amide bonds. The van der Waals surface area contributed by atoms with E-state index in [0.717, 1.165) is 11.3 Å². The maximum atomic E-state index is 13.8. The van der Waals surface area contributed by atoms with Crippen LogP contribution in [0.25, 0.3) is 0 Å². The molecule has 2 aliphatic rings. The first-order valence-corrected chi connectivity index (χ1v) is 9.69. The third kappa shape index (κ3) is 3.20. The zero-order valence-electron chi connectivity index (χ0n) is 14.6. The molecule has 2 bridgehead atoms. The second-order valence-electron chi connectivity index (χ2n) is 6.92. The molecule has 4 atom stereocenters. The second kappa shape index (κ2) is 7.20. The lowest BCUT2D eigenvalue weighted by atomic mass is 9.82. The van der Waals surface area contributed by atoms with Crippen LogP contribution in [-0.2, 0) is 9.59 Å². The first kappa shape index (κ1) is 18.4. The van der Waals surface area contributed by atoms with E-state index in [1.165, 1.54) is 24.3 Å². The predicted octanol–water partition coefficient (Wildman–Crippen LogP) is 3.60. The van der Waals surface area contributed by atoms with Crippen molar-refractivity contribution in [1.82, 2.24) is 0 Å². The summed E-state index contributed by atoms with van der Waals surface area (Å²) in [4.78, 5) is 36.9. The van der Waals surface area contributed by atoms with E-state index in [2.05, 4.69) is 10.6 Å². The number of thiophene rings is 1. The van der Waals surface area contributed by atoms with Gasteiger partial charge in [-0.1, -0.05) is 24.3 Å². The van der Waals surface area contributed by atoms with Gasteiger partial charge in [0.05, 0.1) is 23.1 Å². The van der Waals surface area contributed by atoms with Crippen LogP contribution in [0.1, 0.15) is 16.8 Å². The van der Waals surface area contributed by atoms with Crippen molar-refractivity contribution in [3.05, 3.63) is 59.2 Å². The fourth-order valence-electron chi connectivity index (χ4n) is 4.05. The average molecular weight is 400 g/mol. The quantitative estimate of drug-likeness (QED) is 0.668. The first-order valence-electron chi connectivity index (χ1n) is 8.81. The van der Waals surface area contributed by atoms with Gasteiger partial charge in [0.15, 0.2) is 0 Å². The maximum Gasteiger partial charge on any atom is 0.307 e. The summed E-state index contributed by atoms with van der Waals surface area (Å²) in [6, 6.07) is 7.33. The number of benzene rings is 1. The summed E-state index contributed by atoms with van der Waals surface area (Å²) in [6.45, 7) is 0. The fourth-order valence-corrected chi connectivity index (χ4v) is 4.84. The van der Waals surface area contributed by atoms with Crippen molar-refractivity contribution in [2.24, 2.45) is 23.7 Å². The molecule has 8 heteroatoms. The highest BCUT2D eigenvalue weighted by atomic mass is 32.1. The summed E-state index contributed by atoms with van der Waals surface area (Å²) < 4.78 is 13.8. The molecule has 0 aliphatic heterocycles. The Morgan fingerprint density at radius 2 is 1.75 bits per heavy atom. The van der Waals surface area contributed by atoms with E-state index in [1.54, 1.807) is 11.4 Å². The van der Waals surface area contributed by atoms with Crippen LogP contribution < -0.4 is 10.6 Å². The molecule has 2 aliphatic carbocycles. The van der Waals surface area contributed by atoms with E-state index in [1.807, 2.05) is 12.2 Å². The number of hydrogen-bond donors (Lipinski definition) is 3. The number of rotatable bonds is 5. The lowest BCUT2D eigenvalue weighted by molar-refractivity contribution is -0.146. The highest BCUT2D eigenvalue weighted by Gasteiger charge is 2.51. The largest absolute Gasteiger partial charge is 0.481 e. The van der Waals surface area contributed by atoms with Crippen LogP contribution >= 0.6 is 11.3 Å². The number of carboxylic acid groups (broad SMARTS) is 1. The van der Waals surface area contributed by atoms with E-state index < -0.39 is 35.4 Å². The molecule has 144 valence electrons. The number of aliphatic carboxylic acids is 1. The molecule has 1 fully saturated rings. The first-order chi connectivity index (χ1) is 13.5. The minimum Gasteiger partial charge on any atom is -0.481 e. The number of carbonyl (C=O) groups is 3. The van der Waals surface area contributed by atoms with Gasteiger partial charge in [-0.25, -0.2) is 4.39 Å². The number of anilines is 2. The Kier molecular flexibility index (Phi) is 4.72. The molecular formula is C20H17FN2O4S. The fraction of sp³-hybridized carbons (Fsp3) is 0.250. The van der Waals surface area contributed by atoms with Crippen LogP contribution in [0.15, 0.2) is 47.9 Å². The summed E-state index contributed by atoms with van der Waals surface area (Å²) in [7, 11) is 0. The Labute approximate surface area is 164 Å². The van der Waals surface area contributed by atoms with Gasteiger partial charge in [0.2, 0.25) is 5.91 Å². The van der Waals surface area contributed by atoms with Crippen LogP contribution in [0, 0.1) is 29.5 Å². The molecular weight excluding hydrogens is 383 g/mol. The highest BCUT2D eigenvalue weighted by molar-refractivity contribution is 7.14. The standard InChI is InChI=1S/C20H17FN2O4S/c21-13-3-1-2-4-14(13)22-17(24)12-7-8-28-19(12)23-18(25)15-10-5-6-11(9-10)16(15)20(26)27/h1-8,10-11,15-16H,9H2,(H,22,24)(H,23,25)(H,26,27). The highest BCUT2D eigenvalue weighted by Crippen LogP contribution is 2.48. The molecule has 1 aromatic heterocycles. The molecule has 3 N–H and O–H groups in total. The smallest absolute Gasteiger partial charge is 0.307 e. The molecule has 1 saturated carbocycles. The Balaban J connectivity index is 1.51. The number of fused-ring (bicyclic) bond motifs is 2. The topological polar surface area (TPSA) is 95.5 Å². The van der Waals surface area contributed by atoms with Crippen molar-refractivity contribution in [2.45, 2.75) is 6.42 Å². The number of para-hydroxylation sites is 1. The van der Waals surface area contributed by atoms with Gasteiger partial charge in [-0.3, -0.25) is 14.4 Å². The third-order valence-electron chi connectivity index (χ3n) is 5.32. The van der Waals surface area contributed by atoms with Gasteiger partial charge in [-0.15, -0.1) is 11.3 Å². The molecule has 0 radical (unpaired) electrons. The van der Waals surface area contributed by atoms with Crippen LogP contribution in [0.3, 0.4) is 0 Å². The molecule has 0 spiro atoms. The molecule has 2 aromatic rings. The van der Waals surface area contributed by atoms with Crippen LogP contribution in [-0.4, -0.2) is 22.9 Å². The summed E-state index contributed by atoms with van der Waals surface area (Å²) >= 11 is 1.16. The summed E-state index contributed by atoms with van der Waals surface area (Å²) in [5.41, 5.74) is 0.243. The van der Waals surface area contributed by atoms with E-state index >= 15 is 0 Å². The number of carboxylic acids is 1. The summed E-state index contributed by atoms with van der Waals surface area (Å²) in [5.74, 6) is -4.18. The predicted molar refractivity (Wildman–Crippen MR) is 103 cm³/mol. The van der Waals surface area contributed by atoms with Crippen molar-refractivity contribution >= 4 is 39.8 Å². The van der Waals surface area contributed by atoms with Crippen molar-refractivity contribution < 1.29 is 23.9 Å². The normalized spacial score (nSPS) is 24.9. The molecule has 4 unspecified atom stereocenters.